The van der Waals surface area contributed by atoms with E-state index in [1.807, 2.05) is 6.92 Å². The van der Waals surface area contributed by atoms with Crippen LogP contribution < -0.4 is 0 Å². The van der Waals surface area contributed by atoms with E-state index in [2.05, 4.69) is 15.4 Å². The molecule has 4 heteroatoms. The van der Waals surface area contributed by atoms with Gasteiger partial charge in [-0.05, 0) is 6.92 Å². The van der Waals surface area contributed by atoms with Crippen molar-refractivity contribution in [3.8, 4) is 11.3 Å². The fourth-order valence-electron chi connectivity index (χ4n) is 0.841. The Hall–Kier alpha value is -1.45. The number of aryl methyl sites for hydroxylation is 1. The summed E-state index contributed by atoms with van der Waals surface area (Å²) in [7, 11) is 0. The first kappa shape index (κ1) is 5.34. The van der Waals surface area contributed by atoms with Crippen molar-refractivity contribution in [2.24, 2.45) is 0 Å². The second-order valence-electron chi connectivity index (χ2n) is 2.03. The van der Waals surface area contributed by atoms with E-state index in [9.17, 15) is 0 Å². The highest BCUT2D eigenvalue weighted by Crippen LogP contribution is 2.19. The summed E-state index contributed by atoms with van der Waals surface area (Å²) in [6, 6.07) is 0. The average molecular weight is 135 g/mol. The topological polar surface area (TPSA) is 51.8 Å². The van der Waals surface area contributed by atoms with Crippen molar-refractivity contribution in [1.29, 1.82) is 0 Å². The molecule has 0 aromatic carbocycles. The van der Waals surface area contributed by atoms with E-state index in [-0.39, 0.29) is 0 Å². The fourth-order valence-corrected chi connectivity index (χ4v) is 0.841. The Balaban J connectivity index is 2.80. The van der Waals surface area contributed by atoms with Gasteiger partial charge in [-0.1, -0.05) is 5.16 Å². The van der Waals surface area contributed by atoms with Crippen molar-refractivity contribution < 1.29 is 4.52 Å². The average Bonchev–Trinajstić information content (AvgIpc) is 2.36. The predicted octanol–water partition coefficient (Wildman–Crippen LogP) is 0.878. The highest BCUT2D eigenvalue weighted by molar-refractivity contribution is 5.58. The monoisotopic (exact) mass is 135 g/mol. The molecule has 2 rings (SSSR count). The molecule has 0 radical (unpaired) electrons. The first-order valence-electron chi connectivity index (χ1n) is 2.90. The van der Waals surface area contributed by atoms with Gasteiger partial charge in [-0.3, -0.25) is 0 Å². The molecule has 2 heterocycles. The molecule has 10 heavy (non-hydrogen) atoms. The summed E-state index contributed by atoms with van der Waals surface area (Å²) in [4.78, 5) is 0. The molecule has 0 aliphatic carbocycles. The first-order chi connectivity index (χ1) is 4.88. The smallest absolute Gasteiger partial charge is 0.160 e. The summed E-state index contributed by atoms with van der Waals surface area (Å²) in [6.07, 6.45) is 3.26. The van der Waals surface area contributed by atoms with Gasteiger partial charge in [-0.25, -0.2) is 0 Å². The lowest BCUT2D eigenvalue weighted by molar-refractivity contribution is 0.376. The molecular formula is C6H5N3O. The number of hydrogen-bond acceptors (Lipinski definition) is 4. The zero-order valence-corrected chi connectivity index (χ0v) is 5.40. The first-order valence-corrected chi connectivity index (χ1v) is 2.90. The van der Waals surface area contributed by atoms with Crippen LogP contribution in [0.2, 0.25) is 0 Å². The van der Waals surface area contributed by atoms with Gasteiger partial charge in [0.15, 0.2) is 5.76 Å². The molecule has 0 spiro atoms. The minimum absolute atomic E-state index is 0.704. The minimum Gasteiger partial charge on any atom is -0.359 e. The molecule has 0 bridgehead atoms. The third kappa shape index (κ3) is 0.586. The third-order valence-corrected chi connectivity index (χ3v) is 1.34. The fraction of sp³-hybridized carbons (Fsp3) is 0.167. The van der Waals surface area contributed by atoms with E-state index in [0.717, 1.165) is 11.3 Å². The van der Waals surface area contributed by atoms with Crippen LogP contribution in [0.1, 0.15) is 5.76 Å². The second-order valence-corrected chi connectivity index (χ2v) is 2.03. The predicted molar refractivity (Wildman–Crippen MR) is 33.5 cm³/mol. The van der Waals surface area contributed by atoms with Gasteiger partial charge in [-0.15, -0.1) is 5.10 Å². The summed E-state index contributed by atoms with van der Waals surface area (Å²) < 4.78 is 4.85. The van der Waals surface area contributed by atoms with Crippen LogP contribution in [0.4, 0.5) is 0 Å². The van der Waals surface area contributed by atoms with Crippen LogP contribution in [0.3, 0.4) is 0 Å². The molecule has 2 aliphatic rings. The molecule has 0 amide bonds. The molecule has 0 aromatic heterocycles. The standard InChI is InChI=1S/C6H5N3O/c1-4-6-5(2-7-9-6)3-8-10-4/h2-3H,1H3. The molecule has 50 valence electrons. The zero-order valence-electron chi connectivity index (χ0n) is 5.40. The molecule has 0 unspecified atom stereocenters. The van der Waals surface area contributed by atoms with Gasteiger partial charge in [0.1, 0.15) is 5.69 Å². The van der Waals surface area contributed by atoms with Crippen LogP contribution in [0.5, 0.6) is 0 Å². The van der Waals surface area contributed by atoms with Crippen molar-refractivity contribution in [3.63, 3.8) is 0 Å². The van der Waals surface area contributed by atoms with Crippen LogP contribution >= 0.6 is 0 Å². The van der Waals surface area contributed by atoms with E-state index in [0.29, 0.717) is 5.76 Å². The summed E-state index contributed by atoms with van der Waals surface area (Å²) in [5, 5.41) is 11.2. The molecule has 0 N–H and O–H groups in total. The molecule has 2 aliphatic heterocycles. The van der Waals surface area contributed by atoms with Crippen LogP contribution in [0.15, 0.2) is 16.9 Å². The van der Waals surface area contributed by atoms with Gasteiger partial charge in [0, 0.05) is 5.56 Å². The largest absolute Gasteiger partial charge is 0.359 e. The van der Waals surface area contributed by atoms with Gasteiger partial charge < -0.3 is 4.52 Å². The Morgan fingerprint density at radius 2 is 2.30 bits per heavy atom. The maximum Gasteiger partial charge on any atom is 0.160 e. The molecule has 0 aromatic rings. The van der Waals surface area contributed by atoms with Crippen molar-refractivity contribution in [2.75, 3.05) is 0 Å². The SMILES string of the molecule is Cc1oncc2cnnc1-2. The second kappa shape index (κ2) is 1.76. The van der Waals surface area contributed by atoms with Crippen LogP contribution in [-0.4, -0.2) is 15.4 Å². The van der Waals surface area contributed by atoms with E-state index in [4.69, 9.17) is 4.52 Å². The minimum atomic E-state index is 0.704. The lowest BCUT2D eigenvalue weighted by atomic mass is 10.2. The molecular weight excluding hydrogens is 130 g/mol. The number of nitrogens with zero attached hydrogens (tertiary/aromatic N) is 3. The Bertz CT molecular complexity index is 317. The number of fused-ring (bicyclic) bond motifs is 1. The van der Waals surface area contributed by atoms with Crippen molar-refractivity contribution >= 4 is 0 Å². The molecule has 0 atom stereocenters. The molecule has 4 nitrogen and oxygen atoms in total. The van der Waals surface area contributed by atoms with Crippen LogP contribution in [0.25, 0.3) is 11.3 Å². The summed E-state index contributed by atoms with van der Waals surface area (Å²) >= 11 is 0. The quantitative estimate of drug-likeness (QED) is 0.538. The Labute approximate surface area is 57.2 Å². The zero-order chi connectivity index (χ0) is 6.97. The van der Waals surface area contributed by atoms with Crippen LogP contribution in [0, 0.1) is 6.92 Å². The van der Waals surface area contributed by atoms with E-state index in [1.165, 1.54) is 0 Å². The Kier molecular flexibility index (Phi) is 0.943. The van der Waals surface area contributed by atoms with Gasteiger partial charge in [0.2, 0.25) is 0 Å². The molecule has 0 fully saturated rings. The Morgan fingerprint density at radius 1 is 1.40 bits per heavy atom. The normalized spacial score (nSPS) is 10.5. The maximum absolute atomic E-state index is 4.85. The van der Waals surface area contributed by atoms with E-state index >= 15 is 0 Å². The van der Waals surface area contributed by atoms with Crippen LogP contribution in [-0.2, 0) is 0 Å². The highest BCUT2D eigenvalue weighted by Gasteiger charge is 2.09. The number of aromatic nitrogens is 3. The van der Waals surface area contributed by atoms with Crippen molar-refractivity contribution in [1.82, 2.24) is 15.4 Å². The van der Waals surface area contributed by atoms with Gasteiger partial charge in [0.25, 0.3) is 0 Å². The maximum atomic E-state index is 4.85. The van der Waals surface area contributed by atoms with Crippen molar-refractivity contribution in [2.45, 2.75) is 6.92 Å². The van der Waals surface area contributed by atoms with Crippen molar-refractivity contribution in [3.05, 3.63) is 18.2 Å². The summed E-state index contributed by atoms with van der Waals surface area (Å²) in [5.41, 5.74) is 1.71. The number of rotatable bonds is 0. The van der Waals surface area contributed by atoms with Gasteiger partial charge >= 0.3 is 0 Å². The molecule has 0 saturated carbocycles. The molecule has 0 saturated heterocycles. The van der Waals surface area contributed by atoms with E-state index in [1.54, 1.807) is 12.4 Å². The Morgan fingerprint density at radius 3 is 3.10 bits per heavy atom. The summed E-state index contributed by atoms with van der Waals surface area (Å²) in [5.74, 6) is 0.704. The lowest BCUT2D eigenvalue weighted by Crippen LogP contribution is -1.84. The third-order valence-electron chi connectivity index (χ3n) is 1.34. The highest BCUT2D eigenvalue weighted by atomic mass is 16.5. The van der Waals surface area contributed by atoms with Gasteiger partial charge in [0.05, 0.1) is 12.4 Å². The van der Waals surface area contributed by atoms with Gasteiger partial charge in [-0.2, -0.15) is 5.10 Å². The van der Waals surface area contributed by atoms with E-state index < -0.39 is 0 Å². The summed E-state index contributed by atoms with van der Waals surface area (Å²) in [6.45, 7) is 1.81. The lowest BCUT2D eigenvalue weighted by Gasteiger charge is -1.93. The number of hydrogen-bond donors (Lipinski definition) is 0.